The molecule has 0 unspecified atom stereocenters. The number of carbonyl (C=O) groups is 1. The Labute approximate surface area is 170 Å². The molecule has 0 aliphatic heterocycles. The highest BCUT2D eigenvalue weighted by molar-refractivity contribution is 7.92. The van der Waals surface area contributed by atoms with Gasteiger partial charge in [-0.15, -0.1) is 0 Å². The van der Waals surface area contributed by atoms with Crippen LogP contribution >= 0.6 is 0 Å². The molecular weight excluding hydrogens is 386 g/mol. The monoisotopic (exact) mass is 407 g/mol. The van der Waals surface area contributed by atoms with Crippen molar-refractivity contribution in [1.29, 1.82) is 0 Å². The quantitative estimate of drug-likeness (QED) is 0.651. The third kappa shape index (κ3) is 5.84. The van der Waals surface area contributed by atoms with Crippen molar-refractivity contribution < 1.29 is 13.2 Å². The molecule has 1 aromatic heterocycles. The van der Waals surface area contributed by atoms with Crippen LogP contribution in [0.25, 0.3) is 6.08 Å². The summed E-state index contributed by atoms with van der Waals surface area (Å²) in [6.45, 7) is 0.157. The summed E-state index contributed by atoms with van der Waals surface area (Å²) in [6, 6.07) is 19.7. The van der Waals surface area contributed by atoms with E-state index in [1.165, 1.54) is 4.90 Å². The lowest BCUT2D eigenvalue weighted by Gasteiger charge is -2.17. The number of benzene rings is 2. The number of carbonyl (C=O) groups excluding carboxylic acids is 1. The molecule has 0 aliphatic rings. The van der Waals surface area contributed by atoms with Gasteiger partial charge in [-0.2, -0.15) is 0 Å². The predicted molar refractivity (Wildman–Crippen MR) is 115 cm³/mol. The van der Waals surface area contributed by atoms with Crippen molar-refractivity contribution in [3.05, 3.63) is 101 Å². The minimum Gasteiger partial charge on any atom is -0.311 e. The topological polar surface area (TPSA) is 79.4 Å². The van der Waals surface area contributed by atoms with Gasteiger partial charge < -0.3 is 4.90 Å². The van der Waals surface area contributed by atoms with Crippen LogP contribution < -0.4 is 9.62 Å². The molecular formula is C22H21N3O3S. The largest absolute Gasteiger partial charge is 0.311 e. The minimum absolute atomic E-state index is 0.146. The van der Waals surface area contributed by atoms with E-state index in [4.69, 9.17) is 0 Å². The molecule has 0 saturated heterocycles. The zero-order valence-corrected chi connectivity index (χ0v) is 16.7. The van der Waals surface area contributed by atoms with E-state index >= 15 is 0 Å². The summed E-state index contributed by atoms with van der Waals surface area (Å²) in [4.78, 5) is 17.9. The Morgan fingerprint density at radius 2 is 1.66 bits per heavy atom. The fourth-order valence-corrected chi connectivity index (χ4v) is 3.41. The molecule has 3 rings (SSSR count). The van der Waals surface area contributed by atoms with Crippen LogP contribution in [-0.4, -0.2) is 26.4 Å². The highest BCUT2D eigenvalue weighted by Crippen LogP contribution is 2.16. The molecule has 29 heavy (non-hydrogen) atoms. The minimum atomic E-state index is -3.55. The van der Waals surface area contributed by atoms with Gasteiger partial charge in [-0.25, -0.2) is 13.1 Å². The second-order valence-electron chi connectivity index (χ2n) is 6.35. The molecule has 0 saturated carbocycles. The molecule has 2 aromatic carbocycles. The van der Waals surface area contributed by atoms with Crippen LogP contribution in [0.3, 0.4) is 0 Å². The van der Waals surface area contributed by atoms with Gasteiger partial charge in [-0.05, 0) is 41.5 Å². The Hall–Kier alpha value is -3.29. The molecule has 3 aromatic rings. The van der Waals surface area contributed by atoms with E-state index in [2.05, 4.69) is 9.71 Å². The molecule has 1 heterocycles. The molecule has 0 bridgehead atoms. The van der Waals surface area contributed by atoms with Crippen molar-refractivity contribution in [3.63, 3.8) is 0 Å². The first-order valence-corrected chi connectivity index (χ1v) is 10.5. The zero-order valence-electron chi connectivity index (χ0n) is 15.9. The number of nitrogens with zero attached hydrogens (tertiary/aromatic N) is 2. The van der Waals surface area contributed by atoms with Gasteiger partial charge in [-0.1, -0.05) is 42.5 Å². The molecule has 148 valence electrons. The molecule has 0 spiro atoms. The molecule has 1 N–H and O–H groups in total. The van der Waals surface area contributed by atoms with E-state index in [0.29, 0.717) is 11.3 Å². The van der Waals surface area contributed by atoms with Crippen molar-refractivity contribution in [2.45, 2.75) is 6.54 Å². The fraction of sp³-hybridized carbons (Fsp3) is 0.0909. The molecule has 0 radical (unpaired) electrons. The normalized spacial score (nSPS) is 11.5. The van der Waals surface area contributed by atoms with E-state index in [1.807, 2.05) is 30.3 Å². The third-order valence-electron chi connectivity index (χ3n) is 4.27. The number of anilines is 1. The average Bonchev–Trinajstić information content (AvgIpc) is 2.77. The van der Waals surface area contributed by atoms with Gasteiger partial charge in [0, 0.05) is 42.6 Å². The van der Waals surface area contributed by atoms with E-state index < -0.39 is 10.0 Å². The fourth-order valence-electron chi connectivity index (χ4n) is 2.61. The van der Waals surface area contributed by atoms with Crippen LogP contribution in [0.5, 0.6) is 0 Å². The molecule has 6 nitrogen and oxygen atoms in total. The van der Waals surface area contributed by atoms with Gasteiger partial charge in [0.2, 0.25) is 10.0 Å². The second kappa shape index (κ2) is 9.27. The summed E-state index contributed by atoms with van der Waals surface area (Å²) in [5.74, 6) is -0.146. The molecule has 7 heteroatoms. The van der Waals surface area contributed by atoms with E-state index in [0.717, 1.165) is 16.5 Å². The van der Waals surface area contributed by atoms with E-state index in [9.17, 15) is 13.2 Å². The first-order chi connectivity index (χ1) is 13.9. The Balaban J connectivity index is 1.60. The van der Waals surface area contributed by atoms with E-state index in [1.54, 1.807) is 61.9 Å². The summed E-state index contributed by atoms with van der Waals surface area (Å²) in [5.41, 5.74) is 2.85. The van der Waals surface area contributed by atoms with Gasteiger partial charge >= 0.3 is 0 Å². The standard InChI is InChI=1S/C22H21N3O3S/c1-25(22(26)20-11-14-23-15-12-20)21-9-7-19(8-10-21)17-24-29(27,28)16-13-18-5-3-2-4-6-18/h2-16,24H,17H2,1H3/b16-13+. The van der Waals surface area contributed by atoms with Gasteiger partial charge in [0.1, 0.15) is 0 Å². The number of nitrogens with one attached hydrogen (secondary N) is 1. The number of sulfonamides is 1. The third-order valence-corrected chi connectivity index (χ3v) is 5.31. The molecule has 0 atom stereocenters. The van der Waals surface area contributed by atoms with Gasteiger partial charge in [0.25, 0.3) is 5.91 Å². The van der Waals surface area contributed by atoms with Crippen LogP contribution in [0.15, 0.2) is 84.5 Å². The molecule has 1 amide bonds. The number of aromatic nitrogens is 1. The summed E-state index contributed by atoms with van der Waals surface area (Å²) >= 11 is 0. The lowest BCUT2D eigenvalue weighted by molar-refractivity contribution is 0.0993. The SMILES string of the molecule is CN(C(=O)c1ccncc1)c1ccc(CNS(=O)(=O)/C=C/c2ccccc2)cc1. The van der Waals surface area contributed by atoms with Gasteiger partial charge in [-0.3, -0.25) is 9.78 Å². The maximum Gasteiger partial charge on any atom is 0.258 e. The first-order valence-electron chi connectivity index (χ1n) is 8.94. The Morgan fingerprint density at radius 3 is 2.31 bits per heavy atom. The molecule has 0 aliphatic carbocycles. The number of hydrogen-bond acceptors (Lipinski definition) is 4. The summed E-state index contributed by atoms with van der Waals surface area (Å²) in [7, 11) is -1.87. The van der Waals surface area contributed by atoms with Crippen LogP contribution in [0, 0.1) is 0 Å². The second-order valence-corrected chi connectivity index (χ2v) is 8.00. The van der Waals surface area contributed by atoms with Crippen molar-refractivity contribution in [2.75, 3.05) is 11.9 Å². The summed E-state index contributed by atoms with van der Waals surface area (Å²) in [5, 5.41) is 1.15. The smallest absolute Gasteiger partial charge is 0.258 e. The highest BCUT2D eigenvalue weighted by Gasteiger charge is 2.13. The van der Waals surface area contributed by atoms with Crippen LogP contribution in [0.1, 0.15) is 21.5 Å². The molecule has 0 fully saturated rings. The zero-order chi connectivity index (χ0) is 20.7. The Morgan fingerprint density at radius 1 is 1.00 bits per heavy atom. The number of rotatable bonds is 7. The first kappa shape index (κ1) is 20.4. The maximum atomic E-state index is 12.5. The van der Waals surface area contributed by atoms with Crippen molar-refractivity contribution in [3.8, 4) is 0 Å². The van der Waals surface area contributed by atoms with Crippen LogP contribution in [0.2, 0.25) is 0 Å². The Bertz CT molecular complexity index is 1080. The van der Waals surface area contributed by atoms with Crippen molar-refractivity contribution in [2.24, 2.45) is 0 Å². The average molecular weight is 407 g/mol. The Kier molecular flexibility index (Phi) is 6.54. The van der Waals surface area contributed by atoms with Crippen molar-refractivity contribution in [1.82, 2.24) is 9.71 Å². The van der Waals surface area contributed by atoms with Crippen LogP contribution in [0.4, 0.5) is 5.69 Å². The maximum absolute atomic E-state index is 12.5. The highest BCUT2D eigenvalue weighted by atomic mass is 32.2. The lowest BCUT2D eigenvalue weighted by atomic mass is 10.2. The number of amides is 1. The summed E-state index contributed by atoms with van der Waals surface area (Å²) in [6.07, 6.45) is 4.69. The summed E-state index contributed by atoms with van der Waals surface area (Å²) < 4.78 is 26.8. The number of hydrogen-bond donors (Lipinski definition) is 1. The van der Waals surface area contributed by atoms with Gasteiger partial charge in [0.05, 0.1) is 0 Å². The lowest BCUT2D eigenvalue weighted by Crippen LogP contribution is -2.26. The van der Waals surface area contributed by atoms with Crippen LogP contribution in [-0.2, 0) is 16.6 Å². The number of pyridine rings is 1. The van der Waals surface area contributed by atoms with Crippen molar-refractivity contribution >= 4 is 27.7 Å². The van der Waals surface area contributed by atoms with E-state index in [-0.39, 0.29) is 12.5 Å². The van der Waals surface area contributed by atoms with Gasteiger partial charge in [0.15, 0.2) is 0 Å². The predicted octanol–water partition coefficient (Wildman–Crippen LogP) is 3.45.